The summed E-state index contributed by atoms with van der Waals surface area (Å²) in [7, 11) is 0. The molecule has 5 heteroatoms. The van der Waals surface area contributed by atoms with Gasteiger partial charge in [-0.3, -0.25) is 4.79 Å². The van der Waals surface area contributed by atoms with E-state index in [1.54, 1.807) is 0 Å². The maximum atomic E-state index is 12.3. The second-order valence-electron chi connectivity index (χ2n) is 7.16. The second kappa shape index (κ2) is 8.49. The van der Waals surface area contributed by atoms with Gasteiger partial charge in [0, 0.05) is 12.0 Å². The van der Waals surface area contributed by atoms with Crippen molar-refractivity contribution in [2.75, 3.05) is 13.2 Å². The van der Waals surface area contributed by atoms with Gasteiger partial charge in [0.15, 0.2) is 0 Å². The minimum atomic E-state index is -0.574. The molecular weight excluding hydrogens is 268 g/mol. The highest BCUT2D eigenvalue weighted by atomic mass is 16.5. The molecule has 0 aliphatic heterocycles. The number of amides is 1. The molecule has 0 saturated carbocycles. The average molecular weight is 300 g/mol. The van der Waals surface area contributed by atoms with Gasteiger partial charge in [-0.1, -0.05) is 27.7 Å². The van der Waals surface area contributed by atoms with E-state index in [0.717, 1.165) is 12.7 Å². The number of aldehydes is 1. The van der Waals surface area contributed by atoms with Crippen LogP contribution in [-0.4, -0.2) is 37.0 Å². The molecule has 0 aromatic carbocycles. The zero-order chi connectivity index (χ0) is 16.7. The van der Waals surface area contributed by atoms with Crippen LogP contribution < -0.4 is 11.1 Å². The molecule has 0 aromatic heterocycles. The van der Waals surface area contributed by atoms with E-state index >= 15 is 0 Å². The Kier molecular flexibility index (Phi) is 8.11. The van der Waals surface area contributed by atoms with Crippen LogP contribution >= 0.6 is 0 Å². The Bertz CT molecular complexity index is 338. The lowest BCUT2D eigenvalue weighted by Gasteiger charge is -2.30. The molecule has 3 N–H and O–H groups in total. The molecule has 0 radical (unpaired) electrons. The lowest BCUT2D eigenvalue weighted by atomic mass is 9.87. The highest BCUT2D eigenvalue weighted by molar-refractivity contribution is 5.84. The minimum absolute atomic E-state index is 0.0852. The van der Waals surface area contributed by atoms with Gasteiger partial charge in [0.1, 0.15) is 6.29 Å². The van der Waals surface area contributed by atoms with Crippen LogP contribution in [0.3, 0.4) is 0 Å². The van der Waals surface area contributed by atoms with Gasteiger partial charge in [-0.15, -0.1) is 0 Å². The van der Waals surface area contributed by atoms with Crippen LogP contribution in [0.25, 0.3) is 0 Å². The number of nitrogens with two attached hydrogens (primary N) is 1. The van der Waals surface area contributed by atoms with Crippen molar-refractivity contribution in [3.8, 4) is 0 Å². The smallest absolute Gasteiger partial charge is 0.226 e. The van der Waals surface area contributed by atoms with E-state index in [9.17, 15) is 9.59 Å². The van der Waals surface area contributed by atoms with Gasteiger partial charge in [-0.25, -0.2) is 0 Å². The summed E-state index contributed by atoms with van der Waals surface area (Å²) in [5.41, 5.74) is 4.69. The van der Waals surface area contributed by atoms with Crippen LogP contribution in [0.1, 0.15) is 54.4 Å². The number of nitrogens with one attached hydrogen (secondary N) is 1. The van der Waals surface area contributed by atoms with Crippen LogP contribution in [0.15, 0.2) is 0 Å². The Morgan fingerprint density at radius 3 is 2.24 bits per heavy atom. The van der Waals surface area contributed by atoms with E-state index in [-0.39, 0.29) is 17.4 Å². The van der Waals surface area contributed by atoms with Crippen LogP contribution in [-0.2, 0) is 14.3 Å². The zero-order valence-electron chi connectivity index (χ0n) is 14.4. The quantitative estimate of drug-likeness (QED) is 0.604. The first kappa shape index (κ1) is 20.1. The van der Waals surface area contributed by atoms with Crippen molar-refractivity contribution in [3.63, 3.8) is 0 Å². The molecule has 0 saturated heterocycles. The molecule has 0 aliphatic rings. The number of rotatable bonds is 10. The Balaban J connectivity index is 4.41. The van der Waals surface area contributed by atoms with Crippen LogP contribution in [0.4, 0.5) is 0 Å². The minimum Gasteiger partial charge on any atom is -0.375 e. The first-order valence-electron chi connectivity index (χ1n) is 7.66. The Hall–Kier alpha value is -0.940. The largest absolute Gasteiger partial charge is 0.375 e. The Morgan fingerprint density at radius 2 is 1.81 bits per heavy atom. The van der Waals surface area contributed by atoms with Crippen LogP contribution in [0.5, 0.6) is 0 Å². The lowest BCUT2D eigenvalue weighted by molar-refractivity contribution is -0.133. The molecular formula is C16H32N2O3. The topological polar surface area (TPSA) is 81.4 Å². The summed E-state index contributed by atoms with van der Waals surface area (Å²) in [5, 5.41) is 2.80. The average Bonchev–Trinajstić information content (AvgIpc) is 2.34. The number of hydrogen-bond acceptors (Lipinski definition) is 4. The molecule has 0 aromatic rings. The maximum absolute atomic E-state index is 12.3. The molecule has 0 bridgehead atoms. The van der Waals surface area contributed by atoms with Crippen molar-refractivity contribution < 1.29 is 14.3 Å². The van der Waals surface area contributed by atoms with Crippen molar-refractivity contribution in [1.82, 2.24) is 5.32 Å². The number of carbonyl (C=O) groups is 2. The van der Waals surface area contributed by atoms with Gasteiger partial charge >= 0.3 is 0 Å². The molecule has 1 atom stereocenters. The summed E-state index contributed by atoms with van der Waals surface area (Å²) in [5.74, 6) is -0.0319. The predicted molar refractivity (Wildman–Crippen MR) is 84.9 cm³/mol. The second-order valence-corrected chi connectivity index (χ2v) is 7.16. The summed E-state index contributed by atoms with van der Waals surface area (Å²) < 4.78 is 5.81. The molecule has 1 unspecified atom stereocenters. The third kappa shape index (κ3) is 7.58. The van der Waals surface area contributed by atoms with Gasteiger partial charge in [-0.2, -0.15) is 0 Å². The molecule has 5 nitrogen and oxygen atoms in total. The van der Waals surface area contributed by atoms with Crippen LogP contribution in [0, 0.1) is 11.3 Å². The highest BCUT2D eigenvalue weighted by Gasteiger charge is 2.30. The van der Waals surface area contributed by atoms with E-state index in [0.29, 0.717) is 19.6 Å². The van der Waals surface area contributed by atoms with Crippen LogP contribution in [0.2, 0.25) is 0 Å². The van der Waals surface area contributed by atoms with E-state index in [1.807, 2.05) is 41.5 Å². The summed E-state index contributed by atoms with van der Waals surface area (Å²) >= 11 is 0. The number of carbonyl (C=O) groups excluding carboxylic acids is 2. The molecule has 1 amide bonds. The SMILES string of the molecule is CC(C)C(C=O)NC(=O)C(C)(C)CCOC(C)(C)CCN. The first-order chi connectivity index (χ1) is 9.55. The fraction of sp³-hybridized carbons (Fsp3) is 0.875. The molecule has 21 heavy (non-hydrogen) atoms. The van der Waals surface area contributed by atoms with Crippen molar-refractivity contribution in [2.24, 2.45) is 17.1 Å². The summed E-state index contributed by atoms with van der Waals surface area (Å²) in [6.45, 7) is 12.6. The van der Waals surface area contributed by atoms with Gasteiger partial charge in [0.05, 0.1) is 11.6 Å². The predicted octanol–water partition coefficient (Wildman–Crippen LogP) is 1.89. The van der Waals surface area contributed by atoms with Crippen molar-refractivity contribution in [2.45, 2.75) is 66.0 Å². The Morgan fingerprint density at radius 1 is 1.24 bits per heavy atom. The molecule has 0 spiro atoms. The van der Waals surface area contributed by atoms with Gasteiger partial charge in [0.25, 0.3) is 0 Å². The van der Waals surface area contributed by atoms with Gasteiger partial charge in [0.2, 0.25) is 5.91 Å². The molecule has 0 fully saturated rings. The lowest BCUT2D eigenvalue weighted by Crippen LogP contribution is -2.46. The van der Waals surface area contributed by atoms with Crippen molar-refractivity contribution in [3.05, 3.63) is 0 Å². The first-order valence-corrected chi connectivity index (χ1v) is 7.66. The maximum Gasteiger partial charge on any atom is 0.226 e. The summed E-state index contributed by atoms with van der Waals surface area (Å²) in [6.07, 6.45) is 2.16. The van der Waals surface area contributed by atoms with Gasteiger partial charge < -0.3 is 20.6 Å². The monoisotopic (exact) mass is 300 g/mol. The molecule has 0 aliphatic carbocycles. The fourth-order valence-electron chi connectivity index (χ4n) is 1.82. The van der Waals surface area contributed by atoms with E-state index in [4.69, 9.17) is 10.5 Å². The van der Waals surface area contributed by atoms with Crippen molar-refractivity contribution in [1.29, 1.82) is 0 Å². The van der Waals surface area contributed by atoms with Crippen molar-refractivity contribution >= 4 is 12.2 Å². The normalized spacial score (nSPS) is 14.1. The third-order valence-electron chi connectivity index (χ3n) is 3.74. The van der Waals surface area contributed by atoms with E-state index < -0.39 is 11.5 Å². The third-order valence-corrected chi connectivity index (χ3v) is 3.74. The number of ether oxygens (including phenoxy) is 1. The fourth-order valence-corrected chi connectivity index (χ4v) is 1.82. The van der Waals surface area contributed by atoms with Gasteiger partial charge in [-0.05, 0) is 39.2 Å². The zero-order valence-corrected chi connectivity index (χ0v) is 14.4. The molecule has 124 valence electrons. The summed E-state index contributed by atoms with van der Waals surface area (Å²) in [6, 6.07) is -0.439. The van der Waals surface area contributed by atoms with E-state index in [1.165, 1.54) is 0 Å². The molecule has 0 rings (SSSR count). The Labute approximate surface area is 129 Å². The number of hydrogen-bond donors (Lipinski definition) is 2. The standard InChI is InChI=1S/C16H32N2O3/c1-12(2)13(11-19)18-14(20)15(3,4)8-10-21-16(5,6)7-9-17/h11-13H,7-10,17H2,1-6H3,(H,18,20). The highest BCUT2D eigenvalue weighted by Crippen LogP contribution is 2.23. The van der Waals surface area contributed by atoms with E-state index in [2.05, 4.69) is 5.32 Å². The summed E-state index contributed by atoms with van der Waals surface area (Å²) in [4.78, 5) is 23.2. The molecule has 0 heterocycles.